The predicted octanol–water partition coefficient (Wildman–Crippen LogP) is -2.48. The third kappa shape index (κ3) is 3.03. The average molecular weight is 374 g/mol. The van der Waals surface area contributed by atoms with Gasteiger partial charge in [-0.15, -0.1) is 6.58 Å². The van der Waals surface area contributed by atoms with Crippen molar-refractivity contribution in [3.05, 3.63) is 24.5 Å². The van der Waals surface area contributed by atoms with E-state index in [1.165, 1.54) is 6.08 Å². The Morgan fingerprint density at radius 2 is 2.00 bits per heavy atom. The molecule has 0 saturated carbocycles. The molecular weight excluding hydrogens is 352 g/mol. The molecule has 26 heavy (non-hydrogen) atoms. The molecule has 3 aliphatic rings. The fourth-order valence-corrected chi connectivity index (χ4v) is 3.36. The monoisotopic (exact) mass is 374 g/mol. The summed E-state index contributed by atoms with van der Waals surface area (Å²) < 4.78 is 21.1. The third-order valence-corrected chi connectivity index (χ3v) is 4.94. The van der Waals surface area contributed by atoms with Gasteiger partial charge in [-0.25, -0.2) is 4.79 Å². The van der Waals surface area contributed by atoms with Gasteiger partial charge in [0.2, 0.25) is 6.29 Å². The second-order valence-corrected chi connectivity index (χ2v) is 6.44. The van der Waals surface area contributed by atoms with Crippen LogP contribution in [0.25, 0.3) is 0 Å². The van der Waals surface area contributed by atoms with E-state index < -0.39 is 61.1 Å². The van der Waals surface area contributed by atoms with Gasteiger partial charge in [-0.1, -0.05) is 6.08 Å². The fourth-order valence-electron chi connectivity index (χ4n) is 3.36. The Labute approximate surface area is 148 Å². The van der Waals surface area contributed by atoms with Crippen LogP contribution in [-0.2, 0) is 23.7 Å². The van der Waals surface area contributed by atoms with Crippen molar-refractivity contribution in [2.45, 2.75) is 49.0 Å². The highest BCUT2D eigenvalue weighted by atomic mass is 16.8. The number of carbonyl (C=O) groups excluding carboxylic acids is 1. The minimum atomic E-state index is -1.63. The van der Waals surface area contributed by atoms with Crippen molar-refractivity contribution in [1.82, 2.24) is 0 Å². The molecule has 3 aliphatic heterocycles. The summed E-state index contributed by atoms with van der Waals surface area (Å²) in [7, 11) is 0. The second kappa shape index (κ2) is 7.24. The molecule has 146 valence electrons. The highest BCUT2D eigenvalue weighted by molar-refractivity contribution is 5.91. The Hall–Kier alpha value is -1.53. The summed E-state index contributed by atoms with van der Waals surface area (Å²) >= 11 is 0. The minimum Gasteiger partial charge on any atom is -0.471 e. The SMILES string of the molecule is C=C[C@H]1[C@H](O[C@@H]2OC(CO)[C@@H](O)C(O)[C@@H]2O)OC=C2C(=O)OCC[C@]21O. The van der Waals surface area contributed by atoms with Crippen molar-refractivity contribution in [1.29, 1.82) is 0 Å². The lowest BCUT2D eigenvalue weighted by molar-refractivity contribution is -0.344. The van der Waals surface area contributed by atoms with Crippen molar-refractivity contribution < 1.29 is 49.3 Å². The van der Waals surface area contributed by atoms with E-state index in [0.717, 1.165) is 6.26 Å². The zero-order chi connectivity index (χ0) is 19.1. The van der Waals surface area contributed by atoms with E-state index in [-0.39, 0.29) is 18.6 Å². The number of cyclic esters (lactones) is 1. The average Bonchev–Trinajstić information content (AvgIpc) is 2.61. The predicted molar refractivity (Wildman–Crippen MR) is 82.0 cm³/mol. The number of hydrogen-bond donors (Lipinski definition) is 5. The van der Waals surface area contributed by atoms with Gasteiger partial charge in [0.15, 0.2) is 6.29 Å². The summed E-state index contributed by atoms with van der Waals surface area (Å²) in [5, 5.41) is 49.9. The standard InChI is InChI=1S/C16H22O10/c1-2-7-14(24-6-8-13(21)23-4-3-16(7,8)22)26-15-12(20)11(19)10(18)9(5-17)25-15/h2,6-7,9-12,14-15,17-20,22H,1,3-5H2/t7-,9?,10+,11?,12-,14-,15-,16+/m0/s1. The van der Waals surface area contributed by atoms with E-state index >= 15 is 0 Å². The topological polar surface area (TPSA) is 155 Å². The van der Waals surface area contributed by atoms with Crippen LogP contribution in [0.15, 0.2) is 24.5 Å². The maximum absolute atomic E-state index is 11.8. The lowest BCUT2D eigenvalue weighted by atomic mass is 9.76. The molecule has 0 radical (unpaired) electrons. The number of carbonyl (C=O) groups is 1. The Morgan fingerprint density at radius 1 is 1.27 bits per heavy atom. The molecule has 8 atom stereocenters. The van der Waals surface area contributed by atoms with E-state index in [9.17, 15) is 30.3 Å². The molecule has 0 spiro atoms. The zero-order valence-electron chi connectivity index (χ0n) is 13.8. The molecule has 2 saturated heterocycles. The lowest BCUT2D eigenvalue weighted by Crippen LogP contribution is -2.61. The molecular formula is C16H22O10. The normalized spacial score (nSPS) is 45.8. The van der Waals surface area contributed by atoms with E-state index in [0.29, 0.717) is 0 Å². The molecule has 0 aromatic carbocycles. The number of fused-ring (bicyclic) bond motifs is 1. The van der Waals surface area contributed by atoms with Gasteiger partial charge >= 0.3 is 5.97 Å². The first-order valence-electron chi connectivity index (χ1n) is 8.17. The minimum absolute atomic E-state index is 0.00375. The number of rotatable bonds is 4. The molecule has 2 unspecified atom stereocenters. The summed E-state index contributed by atoms with van der Waals surface area (Å²) in [6.45, 7) is 3.03. The van der Waals surface area contributed by atoms with Gasteiger partial charge in [-0.2, -0.15) is 0 Å². The smallest absolute Gasteiger partial charge is 0.340 e. The van der Waals surface area contributed by atoms with E-state index in [4.69, 9.17) is 18.9 Å². The maximum atomic E-state index is 11.8. The number of hydrogen-bond acceptors (Lipinski definition) is 10. The molecule has 3 heterocycles. The van der Waals surface area contributed by atoms with Crippen LogP contribution in [0.5, 0.6) is 0 Å². The molecule has 0 aromatic heterocycles. The third-order valence-electron chi connectivity index (χ3n) is 4.94. The molecule has 0 amide bonds. The van der Waals surface area contributed by atoms with E-state index in [2.05, 4.69) is 6.58 Å². The van der Waals surface area contributed by atoms with Crippen LogP contribution >= 0.6 is 0 Å². The first kappa shape index (κ1) is 19.2. The Bertz CT molecular complexity index is 590. The first-order valence-corrected chi connectivity index (χ1v) is 8.17. The van der Waals surface area contributed by atoms with Crippen LogP contribution < -0.4 is 0 Å². The van der Waals surface area contributed by atoms with Gasteiger partial charge < -0.3 is 44.5 Å². The van der Waals surface area contributed by atoms with Crippen molar-refractivity contribution in [3.63, 3.8) is 0 Å². The van der Waals surface area contributed by atoms with Crippen LogP contribution in [0.2, 0.25) is 0 Å². The van der Waals surface area contributed by atoms with E-state index in [1.807, 2.05) is 0 Å². The number of ether oxygens (including phenoxy) is 4. The van der Waals surface area contributed by atoms with Gasteiger partial charge in [-0.3, -0.25) is 0 Å². The van der Waals surface area contributed by atoms with Crippen LogP contribution in [0.3, 0.4) is 0 Å². The molecule has 10 nitrogen and oxygen atoms in total. The van der Waals surface area contributed by atoms with Crippen LogP contribution in [-0.4, -0.2) is 87.3 Å². The maximum Gasteiger partial charge on any atom is 0.340 e. The first-order chi connectivity index (χ1) is 12.3. The molecule has 0 bridgehead atoms. The Morgan fingerprint density at radius 3 is 2.65 bits per heavy atom. The molecule has 0 aliphatic carbocycles. The number of aliphatic hydroxyl groups excluding tert-OH is 4. The van der Waals surface area contributed by atoms with Crippen molar-refractivity contribution in [2.75, 3.05) is 13.2 Å². The van der Waals surface area contributed by atoms with Crippen LogP contribution in [0.4, 0.5) is 0 Å². The highest BCUT2D eigenvalue weighted by Crippen LogP contribution is 2.42. The molecule has 3 rings (SSSR count). The van der Waals surface area contributed by atoms with Gasteiger partial charge in [0.1, 0.15) is 35.6 Å². The molecule has 0 aromatic rings. The summed E-state index contributed by atoms with van der Waals surface area (Å²) in [5.74, 6) is -1.61. The van der Waals surface area contributed by atoms with E-state index in [1.54, 1.807) is 0 Å². The Balaban J connectivity index is 1.81. The lowest BCUT2D eigenvalue weighted by Gasteiger charge is -2.46. The van der Waals surface area contributed by atoms with Gasteiger partial charge in [0.25, 0.3) is 0 Å². The summed E-state index contributed by atoms with van der Waals surface area (Å²) in [5.41, 5.74) is -1.70. The van der Waals surface area contributed by atoms with Crippen LogP contribution in [0, 0.1) is 5.92 Å². The van der Waals surface area contributed by atoms with Gasteiger partial charge in [0.05, 0.1) is 25.4 Å². The summed E-state index contributed by atoms with van der Waals surface area (Å²) in [6.07, 6.45) is -6.10. The molecule has 2 fully saturated rings. The fraction of sp³-hybridized carbons (Fsp3) is 0.688. The van der Waals surface area contributed by atoms with Crippen molar-refractivity contribution >= 4 is 5.97 Å². The van der Waals surface area contributed by atoms with Crippen molar-refractivity contribution in [2.24, 2.45) is 5.92 Å². The van der Waals surface area contributed by atoms with Crippen molar-refractivity contribution in [3.8, 4) is 0 Å². The van der Waals surface area contributed by atoms with Gasteiger partial charge in [0, 0.05) is 6.42 Å². The quantitative estimate of drug-likeness (QED) is 0.264. The number of aliphatic hydroxyl groups is 5. The second-order valence-electron chi connectivity index (χ2n) is 6.44. The van der Waals surface area contributed by atoms with Gasteiger partial charge in [-0.05, 0) is 0 Å². The Kier molecular flexibility index (Phi) is 5.35. The summed E-state index contributed by atoms with van der Waals surface area (Å²) in [6, 6.07) is 0. The number of esters is 1. The molecule has 10 heteroatoms. The molecule has 5 N–H and O–H groups in total. The highest BCUT2D eigenvalue weighted by Gasteiger charge is 2.54. The van der Waals surface area contributed by atoms with Crippen LogP contribution in [0.1, 0.15) is 6.42 Å². The summed E-state index contributed by atoms with van der Waals surface area (Å²) in [4.78, 5) is 11.8. The zero-order valence-corrected chi connectivity index (χ0v) is 13.8. The largest absolute Gasteiger partial charge is 0.471 e.